The van der Waals surface area contributed by atoms with Crippen LogP contribution < -0.4 is 14.8 Å². The van der Waals surface area contributed by atoms with Crippen LogP contribution in [0.15, 0.2) is 95.9 Å². The van der Waals surface area contributed by atoms with Crippen molar-refractivity contribution < 1.29 is 17.9 Å². The molecule has 9 heteroatoms. The molecule has 0 aliphatic rings. The third kappa shape index (κ3) is 5.03. The number of anilines is 2. The number of aryl methyl sites for hydroxylation is 1. The molecular weight excluding hydrogens is 488 g/mol. The Kier molecular flexibility index (Phi) is 6.37. The van der Waals surface area contributed by atoms with Gasteiger partial charge in [0.2, 0.25) is 0 Å². The lowest BCUT2D eigenvalue weighted by molar-refractivity contribution is 0.102. The number of amides is 1. The van der Waals surface area contributed by atoms with Crippen molar-refractivity contribution in [3.8, 4) is 17.1 Å². The van der Waals surface area contributed by atoms with Crippen LogP contribution in [0.3, 0.4) is 0 Å². The highest BCUT2D eigenvalue weighted by Crippen LogP contribution is 2.33. The first-order valence-electron chi connectivity index (χ1n) is 11.5. The highest BCUT2D eigenvalue weighted by atomic mass is 32.2. The van der Waals surface area contributed by atoms with Crippen molar-refractivity contribution in [3.05, 3.63) is 102 Å². The maximum atomic E-state index is 13.3. The monoisotopic (exact) mass is 512 g/mol. The van der Waals surface area contributed by atoms with Crippen molar-refractivity contribution in [1.82, 2.24) is 9.97 Å². The van der Waals surface area contributed by atoms with Crippen molar-refractivity contribution in [2.24, 2.45) is 0 Å². The molecule has 0 unspecified atom stereocenters. The number of carbonyl (C=O) groups excluding carboxylic acids is 1. The number of imidazole rings is 1. The Morgan fingerprint density at radius 1 is 0.892 bits per heavy atom. The van der Waals surface area contributed by atoms with Crippen molar-refractivity contribution in [3.63, 3.8) is 0 Å². The van der Waals surface area contributed by atoms with E-state index in [9.17, 15) is 13.2 Å². The first-order valence-corrected chi connectivity index (χ1v) is 13.0. The fourth-order valence-electron chi connectivity index (χ4n) is 3.95. The van der Waals surface area contributed by atoms with E-state index in [1.54, 1.807) is 55.5 Å². The second-order valence-electron chi connectivity index (χ2n) is 8.42. The number of sulfonamides is 1. The van der Waals surface area contributed by atoms with Gasteiger partial charge in [0.15, 0.2) is 0 Å². The van der Waals surface area contributed by atoms with Gasteiger partial charge in [-0.3, -0.25) is 9.52 Å². The minimum Gasteiger partial charge on any atom is -0.494 e. The summed E-state index contributed by atoms with van der Waals surface area (Å²) in [6, 6.07) is 26.4. The molecule has 37 heavy (non-hydrogen) atoms. The minimum atomic E-state index is -3.95. The number of hydrogen-bond acceptors (Lipinski definition) is 5. The summed E-state index contributed by atoms with van der Waals surface area (Å²) in [7, 11) is -2.52. The first-order chi connectivity index (χ1) is 17.8. The van der Waals surface area contributed by atoms with Gasteiger partial charge in [-0.2, -0.15) is 0 Å². The molecule has 0 saturated carbocycles. The molecule has 0 radical (unpaired) electrons. The molecule has 5 aromatic rings. The number of aromatic amines is 1. The Morgan fingerprint density at radius 2 is 1.59 bits per heavy atom. The number of nitrogens with zero attached hydrogens (tertiary/aromatic N) is 1. The quantitative estimate of drug-likeness (QED) is 0.263. The molecule has 0 fully saturated rings. The molecule has 0 aliphatic heterocycles. The number of fused-ring (bicyclic) bond motifs is 1. The van der Waals surface area contributed by atoms with E-state index in [1.807, 2.05) is 36.4 Å². The average Bonchev–Trinajstić information content (AvgIpc) is 3.35. The molecule has 0 saturated heterocycles. The second-order valence-corrected chi connectivity index (χ2v) is 10.1. The predicted octanol–water partition coefficient (Wildman–Crippen LogP) is 5.60. The predicted molar refractivity (Wildman–Crippen MR) is 144 cm³/mol. The molecule has 4 aromatic carbocycles. The van der Waals surface area contributed by atoms with Crippen LogP contribution in [0.1, 0.15) is 15.9 Å². The number of ether oxygens (including phenoxy) is 1. The summed E-state index contributed by atoms with van der Waals surface area (Å²) >= 11 is 0. The summed E-state index contributed by atoms with van der Waals surface area (Å²) in [6.45, 7) is 1.78. The lowest BCUT2D eigenvalue weighted by Gasteiger charge is -2.16. The molecule has 186 valence electrons. The fourth-order valence-corrected chi connectivity index (χ4v) is 5.03. The van der Waals surface area contributed by atoms with Crippen LogP contribution >= 0.6 is 0 Å². The van der Waals surface area contributed by atoms with Crippen LogP contribution in [0.25, 0.3) is 22.4 Å². The molecule has 8 nitrogen and oxygen atoms in total. The molecule has 0 spiro atoms. The van der Waals surface area contributed by atoms with Crippen LogP contribution in [-0.2, 0) is 10.0 Å². The van der Waals surface area contributed by atoms with Crippen molar-refractivity contribution in [1.29, 1.82) is 0 Å². The number of hydrogen-bond donors (Lipinski definition) is 3. The van der Waals surface area contributed by atoms with Gasteiger partial charge in [0, 0.05) is 22.9 Å². The van der Waals surface area contributed by atoms with Gasteiger partial charge in [0.05, 0.1) is 28.7 Å². The third-order valence-electron chi connectivity index (χ3n) is 5.89. The Hall–Kier alpha value is -4.63. The van der Waals surface area contributed by atoms with Gasteiger partial charge in [-0.05, 0) is 48.9 Å². The van der Waals surface area contributed by atoms with E-state index in [2.05, 4.69) is 20.0 Å². The molecule has 0 aliphatic carbocycles. The summed E-state index contributed by atoms with van der Waals surface area (Å²) in [4.78, 5) is 20.4. The first kappa shape index (κ1) is 24.1. The van der Waals surface area contributed by atoms with Crippen LogP contribution in [0, 0.1) is 6.92 Å². The Labute approximate surface area is 214 Å². The second kappa shape index (κ2) is 9.79. The molecule has 1 aromatic heterocycles. The standard InChI is InChI=1S/C28H24N4O4S/c1-18-15-25(26(36-2)17-23(18)31-28(33)20-11-7-4-8-12-20)32-37(34,35)21-13-14-22-24(16-21)30-27(29-22)19-9-5-3-6-10-19/h3-17,32H,1-2H3,(H,29,30)(H,31,33). The highest BCUT2D eigenvalue weighted by Gasteiger charge is 2.20. The number of aromatic nitrogens is 2. The third-order valence-corrected chi connectivity index (χ3v) is 7.25. The summed E-state index contributed by atoms with van der Waals surface area (Å²) in [5, 5.41) is 2.85. The van der Waals surface area contributed by atoms with Gasteiger partial charge in [-0.1, -0.05) is 48.5 Å². The van der Waals surface area contributed by atoms with Gasteiger partial charge in [-0.15, -0.1) is 0 Å². The largest absolute Gasteiger partial charge is 0.494 e. The molecule has 0 atom stereocenters. The van der Waals surface area contributed by atoms with E-state index in [0.29, 0.717) is 33.7 Å². The Balaban J connectivity index is 1.42. The number of methoxy groups -OCH3 is 1. The van der Waals surface area contributed by atoms with Gasteiger partial charge >= 0.3 is 0 Å². The van der Waals surface area contributed by atoms with Crippen molar-refractivity contribution in [2.75, 3.05) is 17.1 Å². The normalized spacial score (nSPS) is 11.3. The smallest absolute Gasteiger partial charge is 0.262 e. The average molecular weight is 513 g/mol. The maximum absolute atomic E-state index is 13.3. The van der Waals surface area contributed by atoms with E-state index in [1.165, 1.54) is 13.2 Å². The van der Waals surface area contributed by atoms with Gasteiger partial charge < -0.3 is 15.0 Å². The summed E-state index contributed by atoms with van der Waals surface area (Å²) in [5.74, 6) is 0.650. The van der Waals surface area contributed by atoms with E-state index in [0.717, 1.165) is 5.56 Å². The van der Waals surface area contributed by atoms with E-state index < -0.39 is 10.0 Å². The molecule has 1 amide bonds. The lowest BCUT2D eigenvalue weighted by Crippen LogP contribution is -2.15. The lowest BCUT2D eigenvalue weighted by atomic mass is 10.1. The minimum absolute atomic E-state index is 0.0735. The number of rotatable bonds is 7. The molecule has 3 N–H and O–H groups in total. The molecule has 1 heterocycles. The zero-order valence-corrected chi connectivity index (χ0v) is 21.0. The number of nitrogens with one attached hydrogen (secondary N) is 3. The summed E-state index contributed by atoms with van der Waals surface area (Å²) in [5.41, 5.74) is 4.11. The maximum Gasteiger partial charge on any atom is 0.262 e. The summed E-state index contributed by atoms with van der Waals surface area (Å²) < 4.78 is 34.6. The number of H-pyrrole nitrogens is 1. The van der Waals surface area contributed by atoms with Crippen LogP contribution in [0.5, 0.6) is 5.75 Å². The van der Waals surface area contributed by atoms with Gasteiger partial charge in [-0.25, -0.2) is 13.4 Å². The zero-order valence-electron chi connectivity index (χ0n) is 20.1. The molecule has 5 rings (SSSR count). The van der Waals surface area contributed by atoms with Crippen molar-refractivity contribution in [2.45, 2.75) is 11.8 Å². The van der Waals surface area contributed by atoms with Crippen LogP contribution in [0.4, 0.5) is 11.4 Å². The van der Waals surface area contributed by atoms with Gasteiger partial charge in [0.25, 0.3) is 15.9 Å². The number of benzene rings is 4. The van der Waals surface area contributed by atoms with Crippen LogP contribution in [-0.4, -0.2) is 31.4 Å². The Morgan fingerprint density at radius 3 is 2.30 bits per heavy atom. The van der Waals surface area contributed by atoms with Gasteiger partial charge in [0.1, 0.15) is 11.6 Å². The topological polar surface area (TPSA) is 113 Å². The van der Waals surface area contributed by atoms with E-state index >= 15 is 0 Å². The highest BCUT2D eigenvalue weighted by molar-refractivity contribution is 7.92. The summed E-state index contributed by atoms with van der Waals surface area (Å²) in [6.07, 6.45) is 0. The fraction of sp³-hybridized carbons (Fsp3) is 0.0714. The molecule has 0 bridgehead atoms. The van der Waals surface area contributed by atoms with E-state index in [-0.39, 0.29) is 22.2 Å². The van der Waals surface area contributed by atoms with E-state index in [4.69, 9.17) is 4.74 Å². The molecular formula is C28H24N4O4S. The Bertz CT molecular complexity index is 1700. The van der Waals surface area contributed by atoms with Crippen molar-refractivity contribution >= 4 is 38.3 Å². The van der Waals surface area contributed by atoms with Crippen LogP contribution in [0.2, 0.25) is 0 Å². The SMILES string of the molecule is COc1cc(NC(=O)c2ccccc2)c(C)cc1NS(=O)(=O)c1ccc2nc(-c3ccccc3)[nH]c2c1. The number of carbonyl (C=O) groups is 1. The zero-order chi connectivity index (χ0) is 26.0.